The molecule has 0 saturated heterocycles. The first-order chi connectivity index (χ1) is 8.49. The summed E-state index contributed by atoms with van der Waals surface area (Å²) in [5, 5.41) is 14.6. The van der Waals surface area contributed by atoms with E-state index in [9.17, 15) is 9.90 Å². The molecule has 2 rings (SSSR count). The summed E-state index contributed by atoms with van der Waals surface area (Å²) in [5.74, 6) is -0.972. The number of nitrogens with zero attached hydrogens (tertiary/aromatic N) is 3. The molecule has 94 valence electrons. The van der Waals surface area contributed by atoms with Crippen LogP contribution in [-0.4, -0.2) is 25.8 Å². The minimum atomic E-state index is -0.972. The van der Waals surface area contributed by atoms with Crippen LogP contribution in [0.1, 0.15) is 16.1 Å². The average molecular weight is 328 g/mol. The smallest absolute Gasteiger partial charge is 0.340 e. The Hall–Kier alpha value is -1.34. The first kappa shape index (κ1) is 13.1. The van der Waals surface area contributed by atoms with Crippen LogP contribution < -0.4 is 0 Å². The van der Waals surface area contributed by atoms with Gasteiger partial charge in [0.2, 0.25) is 0 Å². The van der Waals surface area contributed by atoms with Gasteiger partial charge < -0.3 is 5.11 Å². The Balaban J connectivity index is 2.39. The van der Waals surface area contributed by atoms with Gasteiger partial charge in [0.1, 0.15) is 15.6 Å². The number of aryl methyl sites for hydroxylation is 2. The molecule has 0 bridgehead atoms. The van der Waals surface area contributed by atoms with Crippen molar-refractivity contribution in [2.45, 2.75) is 17.0 Å². The van der Waals surface area contributed by atoms with E-state index in [-0.39, 0.29) is 5.56 Å². The SMILES string of the molecule is Cc1nn(C)c(Sc2ccc(Br)cn2)c1C(=O)O. The van der Waals surface area contributed by atoms with Crippen LogP contribution in [0.3, 0.4) is 0 Å². The van der Waals surface area contributed by atoms with Crippen LogP contribution in [0.4, 0.5) is 0 Å². The molecule has 0 fully saturated rings. The number of pyridine rings is 1. The Kier molecular flexibility index (Phi) is 3.72. The van der Waals surface area contributed by atoms with Gasteiger partial charge in [-0.2, -0.15) is 5.10 Å². The highest BCUT2D eigenvalue weighted by molar-refractivity contribution is 9.10. The molecule has 0 unspecified atom stereocenters. The van der Waals surface area contributed by atoms with Gasteiger partial charge in [0, 0.05) is 17.7 Å². The third kappa shape index (κ3) is 2.56. The zero-order valence-electron chi connectivity index (χ0n) is 9.72. The number of halogens is 1. The number of aromatic carboxylic acids is 1. The maximum Gasteiger partial charge on any atom is 0.340 e. The zero-order valence-corrected chi connectivity index (χ0v) is 12.1. The number of carboxylic acids is 1. The van der Waals surface area contributed by atoms with Crippen LogP contribution in [0, 0.1) is 6.92 Å². The molecule has 0 amide bonds. The first-order valence-electron chi connectivity index (χ1n) is 5.05. The van der Waals surface area contributed by atoms with Crippen molar-refractivity contribution in [2.24, 2.45) is 7.05 Å². The maximum absolute atomic E-state index is 11.2. The molecule has 2 heterocycles. The van der Waals surface area contributed by atoms with Gasteiger partial charge in [-0.3, -0.25) is 4.68 Å². The van der Waals surface area contributed by atoms with E-state index in [1.807, 2.05) is 12.1 Å². The van der Waals surface area contributed by atoms with Crippen molar-refractivity contribution in [3.05, 3.63) is 34.1 Å². The van der Waals surface area contributed by atoms with Crippen molar-refractivity contribution in [1.29, 1.82) is 0 Å². The van der Waals surface area contributed by atoms with Crippen LogP contribution in [0.25, 0.3) is 0 Å². The third-order valence-electron chi connectivity index (χ3n) is 2.28. The minimum Gasteiger partial charge on any atom is -0.478 e. The summed E-state index contributed by atoms with van der Waals surface area (Å²) in [6.45, 7) is 1.68. The van der Waals surface area contributed by atoms with Crippen LogP contribution in [0.15, 0.2) is 32.9 Å². The van der Waals surface area contributed by atoms with E-state index < -0.39 is 5.97 Å². The highest BCUT2D eigenvalue weighted by Gasteiger charge is 2.20. The molecule has 0 aromatic carbocycles. The van der Waals surface area contributed by atoms with E-state index in [1.165, 1.54) is 11.8 Å². The predicted octanol–water partition coefficient (Wildman–Crippen LogP) is 2.74. The van der Waals surface area contributed by atoms with E-state index in [1.54, 1.807) is 24.9 Å². The largest absolute Gasteiger partial charge is 0.478 e. The topological polar surface area (TPSA) is 68.0 Å². The molecule has 0 aliphatic rings. The molecule has 0 atom stereocenters. The Bertz CT molecular complexity index is 595. The van der Waals surface area contributed by atoms with Crippen LogP contribution >= 0.6 is 27.7 Å². The summed E-state index contributed by atoms with van der Waals surface area (Å²) in [5.41, 5.74) is 0.733. The van der Waals surface area contributed by atoms with Crippen LogP contribution in [0.2, 0.25) is 0 Å². The molecule has 0 radical (unpaired) electrons. The van der Waals surface area contributed by atoms with Gasteiger partial charge in [-0.25, -0.2) is 9.78 Å². The fourth-order valence-electron chi connectivity index (χ4n) is 1.52. The molecule has 5 nitrogen and oxygen atoms in total. The van der Waals surface area contributed by atoms with Gasteiger partial charge in [-0.05, 0) is 46.7 Å². The standard InChI is InChI=1S/C11H10BrN3O2S/c1-6-9(11(16)17)10(15(2)14-6)18-8-4-3-7(12)5-13-8/h3-5H,1-2H3,(H,16,17). The van der Waals surface area contributed by atoms with Gasteiger partial charge >= 0.3 is 5.97 Å². The molecule has 2 aromatic heterocycles. The Morgan fingerprint density at radius 2 is 2.22 bits per heavy atom. The van der Waals surface area contributed by atoms with Crippen LogP contribution in [-0.2, 0) is 7.05 Å². The van der Waals surface area contributed by atoms with Gasteiger partial charge in [0.05, 0.1) is 5.69 Å². The quantitative estimate of drug-likeness (QED) is 0.938. The molecular formula is C11H10BrN3O2S. The molecule has 0 spiro atoms. The van der Waals surface area contributed by atoms with E-state index in [4.69, 9.17) is 0 Å². The highest BCUT2D eigenvalue weighted by atomic mass is 79.9. The van der Waals surface area contributed by atoms with Crippen molar-refractivity contribution in [1.82, 2.24) is 14.8 Å². The summed E-state index contributed by atoms with van der Waals surface area (Å²) < 4.78 is 2.44. The third-order valence-corrected chi connectivity index (χ3v) is 3.87. The lowest BCUT2D eigenvalue weighted by Gasteiger charge is -2.03. The maximum atomic E-state index is 11.2. The molecule has 1 N–H and O–H groups in total. The number of hydrogen-bond donors (Lipinski definition) is 1. The zero-order chi connectivity index (χ0) is 13.3. The minimum absolute atomic E-state index is 0.229. The molecule has 2 aromatic rings. The second kappa shape index (κ2) is 5.11. The molecular weight excluding hydrogens is 318 g/mol. The average Bonchev–Trinajstić information content (AvgIpc) is 2.57. The van der Waals surface area contributed by atoms with E-state index in [2.05, 4.69) is 26.0 Å². The lowest BCUT2D eigenvalue weighted by molar-refractivity contribution is 0.0692. The molecule has 7 heteroatoms. The second-order valence-electron chi connectivity index (χ2n) is 3.61. The summed E-state index contributed by atoms with van der Waals surface area (Å²) in [6, 6.07) is 3.68. The van der Waals surface area contributed by atoms with Crippen molar-refractivity contribution in [3.63, 3.8) is 0 Å². The second-order valence-corrected chi connectivity index (χ2v) is 5.54. The molecule has 0 aliphatic heterocycles. The number of aromatic nitrogens is 3. The van der Waals surface area contributed by atoms with E-state index in [0.717, 1.165) is 9.50 Å². The van der Waals surface area contributed by atoms with E-state index >= 15 is 0 Å². The van der Waals surface area contributed by atoms with Crippen LogP contribution in [0.5, 0.6) is 0 Å². The van der Waals surface area contributed by atoms with Gasteiger partial charge in [-0.15, -0.1) is 0 Å². The van der Waals surface area contributed by atoms with Gasteiger partial charge in [0.25, 0.3) is 0 Å². The van der Waals surface area contributed by atoms with Crippen molar-refractivity contribution < 1.29 is 9.90 Å². The summed E-state index contributed by atoms with van der Waals surface area (Å²) in [6.07, 6.45) is 1.67. The van der Waals surface area contributed by atoms with Crippen molar-refractivity contribution in [2.75, 3.05) is 0 Å². The summed E-state index contributed by atoms with van der Waals surface area (Å²) in [7, 11) is 1.72. The predicted molar refractivity (Wildman–Crippen MR) is 71.0 cm³/mol. The number of hydrogen-bond acceptors (Lipinski definition) is 4. The molecule has 18 heavy (non-hydrogen) atoms. The van der Waals surface area contributed by atoms with Gasteiger partial charge in [0.15, 0.2) is 0 Å². The van der Waals surface area contributed by atoms with Crippen molar-refractivity contribution in [3.8, 4) is 0 Å². The number of carboxylic acid groups (broad SMARTS) is 1. The van der Waals surface area contributed by atoms with Gasteiger partial charge in [-0.1, -0.05) is 0 Å². The fraction of sp³-hybridized carbons (Fsp3) is 0.182. The fourth-order valence-corrected chi connectivity index (χ4v) is 2.71. The lowest BCUT2D eigenvalue weighted by Crippen LogP contribution is -2.00. The Labute approximate surface area is 116 Å². The molecule has 0 saturated carbocycles. The number of carbonyl (C=O) groups is 1. The Morgan fingerprint density at radius 3 is 2.78 bits per heavy atom. The summed E-state index contributed by atoms with van der Waals surface area (Å²) in [4.78, 5) is 15.4. The van der Waals surface area contributed by atoms with E-state index in [0.29, 0.717) is 10.7 Å². The Morgan fingerprint density at radius 1 is 1.50 bits per heavy atom. The van der Waals surface area contributed by atoms with Crippen molar-refractivity contribution >= 4 is 33.7 Å². The normalized spacial score (nSPS) is 10.6. The first-order valence-corrected chi connectivity index (χ1v) is 6.66. The highest BCUT2D eigenvalue weighted by Crippen LogP contribution is 2.30. The number of rotatable bonds is 3. The summed E-state index contributed by atoms with van der Waals surface area (Å²) >= 11 is 4.59. The molecule has 0 aliphatic carbocycles. The monoisotopic (exact) mass is 327 g/mol. The lowest BCUT2D eigenvalue weighted by atomic mass is 10.3.